The van der Waals surface area contributed by atoms with Crippen LogP contribution in [0.25, 0.3) is 0 Å². The van der Waals surface area contributed by atoms with Gasteiger partial charge in [-0.1, -0.05) is 85.1 Å². The predicted octanol–water partition coefficient (Wildman–Crippen LogP) is 5.56. The first-order chi connectivity index (χ1) is 18.6. The number of carbonyl (C=O) groups excluding carboxylic acids is 2. The third kappa shape index (κ3) is 8.46. The SMILES string of the molecule is CCCCNC(=O)[C@@H](C)N(CCc1ccccc1)C(=O)CN(c1cc(Cl)cc(Cl)c1)S(=O)(=O)c1ccccc1. The van der Waals surface area contributed by atoms with E-state index in [0.717, 1.165) is 22.7 Å². The van der Waals surface area contributed by atoms with Gasteiger partial charge in [-0.2, -0.15) is 0 Å². The first-order valence-electron chi connectivity index (χ1n) is 12.8. The van der Waals surface area contributed by atoms with Gasteiger partial charge in [0.15, 0.2) is 0 Å². The van der Waals surface area contributed by atoms with Crippen LogP contribution in [0, 0.1) is 0 Å². The highest BCUT2D eigenvalue weighted by molar-refractivity contribution is 7.92. The number of benzene rings is 3. The second kappa shape index (κ2) is 14.4. The Kier molecular flexibility index (Phi) is 11.2. The summed E-state index contributed by atoms with van der Waals surface area (Å²) in [6.45, 7) is 3.84. The molecule has 0 radical (unpaired) electrons. The molecular formula is C29H33Cl2N3O4S. The molecule has 3 aromatic carbocycles. The number of hydrogen-bond acceptors (Lipinski definition) is 4. The summed E-state index contributed by atoms with van der Waals surface area (Å²) in [6, 6.07) is 21.0. The Hall–Kier alpha value is -3.07. The molecule has 7 nitrogen and oxygen atoms in total. The number of unbranched alkanes of at least 4 members (excludes halogenated alkanes) is 1. The van der Waals surface area contributed by atoms with Crippen LogP contribution < -0.4 is 9.62 Å². The van der Waals surface area contributed by atoms with Gasteiger partial charge in [-0.15, -0.1) is 0 Å². The smallest absolute Gasteiger partial charge is 0.264 e. The normalized spacial score (nSPS) is 12.0. The highest BCUT2D eigenvalue weighted by Crippen LogP contribution is 2.30. The summed E-state index contributed by atoms with van der Waals surface area (Å²) in [5.41, 5.74) is 1.14. The van der Waals surface area contributed by atoms with Crippen molar-refractivity contribution in [2.24, 2.45) is 0 Å². The minimum Gasteiger partial charge on any atom is -0.354 e. The van der Waals surface area contributed by atoms with Gasteiger partial charge in [-0.25, -0.2) is 8.42 Å². The molecule has 3 rings (SSSR count). The van der Waals surface area contributed by atoms with Gasteiger partial charge in [0.25, 0.3) is 10.0 Å². The Morgan fingerprint density at radius 1 is 0.923 bits per heavy atom. The predicted molar refractivity (Wildman–Crippen MR) is 157 cm³/mol. The molecule has 0 fully saturated rings. The van der Waals surface area contributed by atoms with Crippen LogP contribution in [-0.2, 0) is 26.0 Å². The van der Waals surface area contributed by atoms with Crippen LogP contribution in [0.15, 0.2) is 83.8 Å². The van der Waals surface area contributed by atoms with Crippen molar-refractivity contribution in [2.75, 3.05) is 23.9 Å². The van der Waals surface area contributed by atoms with E-state index < -0.39 is 28.5 Å². The van der Waals surface area contributed by atoms with Crippen molar-refractivity contribution in [3.8, 4) is 0 Å². The Bertz CT molecular complexity index is 1340. The Balaban J connectivity index is 1.96. The van der Waals surface area contributed by atoms with Gasteiger partial charge in [0, 0.05) is 23.1 Å². The molecule has 0 aliphatic carbocycles. The minimum atomic E-state index is -4.18. The third-order valence-corrected chi connectivity index (χ3v) is 8.45. The molecule has 3 aromatic rings. The van der Waals surface area contributed by atoms with Gasteiger partial charge >= 0.3 is 0 Å². The van der Waals surface area contributed by atoms with E-state index >= 15 is 0 Å². The Morgan fingerprint density at radius 3 is 2.10 bits per heavy atom. The monoisotopic (exact) mass is 589 g/mol. The number of anilines is 1. The van der Waals surface area contributed by atoms with Crippen molar-refractivity contribution >= 4 is 50.7 Å². The lowest BCUT2D eigenvalue weighted by molar-refractivity contribution is -0.138. The molecule has 1 N–H and O–H groups in total. The molecule has 0 aliphatic heterocycles. The van der Waals surface area contributed by atoms with Crippen molar-refractivity contribution in [3.05, 3.63) is 94.5 Å². The number of nitrogens with zero attached hydrogens (tertiary/aromatic N) is 2. The summed E-state index contributed by atoms with van der Waals surface area (Å²) in [7, 11) is -4.18. The van der Waals surface area contributed by atoms with Crippen LogP contribution >= 0.6 is 23.2 Å². The van der Waals surface area contributed by atoms with Crippen LogP contribution in [0.2, 0.25) is 10.0 Å². The van der Waals surface area contributed by atoms with Crippen LogP contribution in [0.1, 0.15) is 32.3 Å². The van der Waals surface area contributed by atoms with E-state index in [1.165, 1.54) is 35.2 Å². The maximum Gasteiger partial charge on any atom is 0.264 e. The number of halogens is 2. The largest absolute Gasteiger partial charge is 0.354 e. The maximum absolute atomic E-state index is 13.8. The highest BCUT2D eigenvalue weighted by Gasteiger charge is 2.32. The number of rotatable bonds is 13. The summed E-state index contributed by atoms with van der Waals surface area (Å²) >= 11 is 12.4. The van der Waals surface area contributed by atoms with Crippen LogP contribution in [0.3, 0.4) is 0 Å². The molecule has 0 saturated carbocycles. The van der Waals surface area contributed by atoms with Gasteiger partial charge in [0.05, 0.1) is 10.6 Å². The topological polar surface area (TPSA) is 86.8 Å². The molecule has 0 bridgehead atoms. The van der Waals surface area contributed by atoms with Gasteiger partial charge < -0.3 is 10.2 Å². The van der Waals surface area contributed by atoms with E-state index in [1.54, 1.807) is 25.1 Å². The van der Waals surface area contributed by atoms with E-state index in [1.807, 2.05) is 37.3 Å². The summed E-state index contributed by atoms with van der Waals surface area (Å²) < 4.78 is 28.5. The van der Waals surface area contributed by atoms with E-state index in [2.05, 4.69) is 5.32 Å². The van der Waals surface area contributed by atoms with Crippen LogP contribution in [0.4, 0.5) is 5.69 Å². The summed E-state index contributed by atoms with van der Waals surface area (Å²) in [4.78, 5) is 28.2. The zero-order valence-electron chi connectivity index (χ0n) is 22.0. The maximum atomic E-state index is 13.8. The second-order valence-electron chi connectivity index (χ2n) is 9.10. The van der Waals surface area contributed by atoms with Crippen LogP contribution in [-0.4, -0.2) is 50.8 Å². The van der Waals surface area contributed by atoms with Crippen molar-refractivity contribution in [1.82, 2.24) is 10.2 Å². The average molecular weight is 591 g/mol. The fourth-order valence-electron chi connectivity index (χ4n) is 4.04. The molecule has 0 unspecified atom stereocenters. The van der Waals surface area contributed by atoms with Crippen molar-refractivity contribution < 1.29 is 18.0 Å². The number of sulfonamides is 1. The summed E-state index contributed by atoms with van der Waals surface area (Å²) in [6.07, 6.45) is 2.22. The van der Waals surface area contributed by atoms with Gasteiger partial charge in [-0.05, 0) is 55.7 Å². The second-order valence-corrected chi connectivity index (χ2v) is 11.8. The van der Waals surface area contributed by atoms with E-state index in [4.69, 9.17) is 23.2 Å². The van der Waals surface area contributed by atoms with Crippen LogP contribution in [0.5, 0.6) is 0 Å². The number of hydrogen-bond donors (Lipinski definition) is 1. The number of nitrogens with one attached hydrogen (secondary N) is 1. The molecule has 0 aromatic heterocycles. The zero-order chi connectivity index (χ0) is 28.4. The lowest BCUT2D eigenvalue weighted by Gasteiger charge is -2.32. The molecule has 0 aliphatic rings. The van der Waals surface area contributed by atoms with Gasteiger partial charge in [0.1, 0.15) is 12.6 Å². The van der Waals surface area contributed by atoms with Crippen molar-refractivity contribution in [1.29, 1.82) is 0 Å². The summed E-state index contributed by atoms with van der Waals surface area (Å²) in [5, 5.41) is 3.32. The van der Waals surface area contributed by atoms with Gasteiger partial charge in [0.2, 0.25) is 11.8 Å². The first-order valence-corrected chi connectivity index (χ1v) is 15.0. The van der Waals surface area contributed by atoms with E-state index in [0.29, 0.717) is 13.0 Å². The fourth-order valence-corrected chi connectivity index (χ4v) is 5.97. The summed E-state index contributed by atoms with van der Waals surface area (Å²) in [5.74, 6) is -0.826. The standard InChI is InChI=1S/C29H33Cl2N3O4S/c1-3-4-16-32-29(36)22(2)33(17-15-23-11-7-5-8-12-23)28(35)21-34(26-19-24(30)18-25(31)20-26)39(37,38)27-13-9-6-10-14-27/h5-14,18-20,22H,3-4,15-17,21H2,1-2H3,(H,32,36)/t22-/m1/s1. The molecule has 2 amide bonds. The highest BCUT2D eigenvalue weighted by atomic mass is 35.5. The first kappa shape index (κ1) is 30.5. The molecule has 208 valence electrons. The molecule has 39 heavy (non-hydrogen) atoms. The molecule has 0 saturated heterocycles. The fraction of sp³-hybridized carbons (Fsp3) is 0.310. The van der Waals surface area contributed by atoms with E-state index in [9.17, 15) is 18.0 Å². The number of carbonyl (C=O) groups is 2. The average Bonchev–Trinajstić information content (AvgIpc) is 2.92. The third-order valence-electron chi connectivity index (χ3n) is 6.23. The lowest BCUT2D eigenvalue weighted by Crippen LogP contribution is -2.52. The van der Waals surface area contributed by atoms with Crippen molar-refractivity contribution in [2.45, 2.75) is 44.0 Å². The Labute approximate surface area is 240 Å². The van der Waals surface area contributed by atoms with E-state index in [-0.39, 0.29) is 33.1 Å². The van der Waals surface area contributed by atoms with Gasteiger partial charge in [-0.3, -0.25) is 13.9 Å². The molecule has 1 atom stereocenters. The molecule has 10 heteroatoms. The molecular weight excluding hydrogens is 557 g/mol. The Morgan fingerprint density at radius 2 is 1.51 bits per heavy atom. The quantitative estimate of drug-likeness (QED) is 0.264. The molecule has 0 heterocycles. The lowest BCUT2D eigenvalue weighted by atomic mass is 10.1. The zero-order valence-corrected chi connectivity index (χ0v) is 24.3. The molecule has 0 spiro atoms. The number of amides is 2. The minimum absolute atomic E-state index is 0.00934. The van der Waals surface area contributed by atoms with Crippen molar-refractivity contribution in [3.63, 3.8) is 0 Å².